The van der Waals surface area contributed by atoms with Gasteiger partial charge in [-0.2, -0.15) is 0 Å². The number of hydrogen-bond donors (Lipinski definition) is 1. The summed E-state index contributed by atoms with van der Waals surface area (Å²) in [5.74, 6) is -2.14. The van der Waals surface area contributed by atoms with Gasteiger partial charge in [0.25, 0.3) is 6.29 Å². The first-order valence-corrected chi connectivity index (χ1v) is 37.5. The first kappa shape index (κ1) is 91.6. The van der Waals surface area contributed by atoms with Crippen molar-refractivity contribution < 1.29 is 42.9 Å². The Balaban J connectivity index is 4.35. The predicted molar refractivity (Wildman–Crippen MR) is 427 cm³/mol. The second-order valence-corrected chi connectivity index (χ2v) is 24.8. The van der Waals surface area contributed by atoms with Crippen molar-refractivity contribution in [2.24, 2.45) is 0 Å². The molecule has 9 heteroatoms. The highest BCUT2D eigenvalue weighted by Crippen LogP contribution is 2.12. The quantitative estimate of drug-likeness (QED) is 0.0211. The second kappa shape index (κ2) is 76.3. The Kier molecular flexibility index (Phi) is 70.6. The molecular formula is C90H134NO8+. The first-order valence-electron chi connectivity index (χ1n) is 37.5. The maximum Gasteiger partial charge on any atom is 0.361 e. The zero-order valence-electron chi connectivity index (χ0n) is 62.3. The molecule has 0 saturated heterocycles. The van der Waals surface area contributed by atoms with Crippen LogP contribution in [0.1, 0.15) is 219 Å². The van der Waals surface area contributed by atoms with Crippen molar-refractivity contribution >= 4 is 17.9 Å². The minimum Gasteiger partial charge on any atom is -0.477 e. The van der Waals surface area contributed by atoms with Gasteiger partial charge in [0, 0.05) is 12.8 Å². The summed E-state index contributed by atoms with van der Waals surface area (Å²) in [4.78, 5) is 37.7. The number of allylic oxidation sites excluding steroid dienone is 44. The van der Waals surface area contributed by atoms with Crippen molar-refractivity contribution in [1.29, 1.82) is 0 Å². The number of carbonyl (C=O) groups excluding carboxylic acids is 2. The lowest BCUT2D eigenvalue weighted by molar-refractivity contribution is -0.870. The Morgan fingerprint density at radius 3 is 0.818 bits per heavy atom. The van der Waals surface area contributed by atoms with Gasteiger partial charge in [-0.3, -0.25) is 9.59 Å². The maximum atomic E-state index is 12.9. The van der Waals surface area contributed by atoms with Gasteiger partial charge in [-0.25, -0.2) is 4.79 Å². The molecule has 0 rings (SSSR count). The average molecular weight is 1360 g/mol. The number of ether oxygens (including phenoxy) is 4. The fourth-order valence-electron chi connectivity index (χ4n) is 8.84. The van der Waals surface area contributed by atoms with Gasteiger partial charge in [0.1, 0.15) is 13.2 Å². The molecule has 0 aliphatic carbocycles. The molecule has 0 heterocycles. The van der Waals surface area contributed by atoms with Crippen molar-refractivity contribution in [3.05, 3.63) is 267 Å². The Bertz CT molecular complexity index is 2640. The largest absolute Gasteiger partial charge is 0.477 e. The van der Waals surface area contributed by atoms with Gasteiger partial charge in [-0.05, 0) is 180 Å². The third kappa shape index (κ3) is 77.8. The van der Waals surface area contributed by atoms with Crippen LogP contribution in [0.25, 0.3) is 0 Å². The van der Waals surface area contributed by atoms with E-state index < -0.39 is 30.3 Å². The molecule has 0 aliphatic heterocycles. The summed E-state index contributed by atoms with van der Waals surface area (Å²) in [6.45, 7) is 4.52. The predicted octanol–water partition coefficient (Wildman–Crippen LogP) is 24.4. The molecule has 0 bridgehead atoms. The van der Waals surface area contributed by atoms with Crippen LogP contribution in [0, 0.1) is 0 Å². The van der Waals surface area contributed by atoms with E-state index in [9.17, 15) is 19.5 Å². The van der Waals surface area contributed by atoms with Gasteiger partial charge in [0.2, 0.25) is 0 Å². The van der Waals surface area contributed by atoms with E-state index >= 15 is 0 Å². The minimum absolute atomic E-state index is 0.158. The van der Waals surface area contributed by atoms with Gasteiger partial charge in [-0.1, -0.05) is 294 Å². The summed E-state index contributed by atoms with van der Waals surface area (Å²) in [7, 11) is 5.93. The Labute approximate surface area is 604 Å². The molecule has 0 saturated carbocycles. The number of quaternary nitrogens is 1. The molecule has 0 aliphatic rings. The summed E-state index contributed by atoms with van der Waals surface area (Å²) in [5, 5.41) is 9.76. The number of carbonyl (C=O) groups is 3. The zero-order chi connectivity index (χ0) is 71.8. The smallest absolute Gasteiger partial charge is 0.361 e. The van der Waals surface area contributed by atoms with Crippen molar-refractivity contribution in [3.8, 4) is 0 Å². The fraction of sp³-hybridized carbons (Fsp3) is 0.478. The molecule has 546 valence electrons. The molecule has 0 aromatic rings. The van der Waals surface area contributed by atoms with Crippen molar-refractivity contribution in [1.82, 2.24) is 0 Å². The minimum atomic E-state index is -1.55. The second-order valence-electron chi connectivity index (χ2n) is 24.8. The molecular weight excluding hydrogens is 1220 g/mol. The highest BCUT2D eigenvalue weighted by molar-refractivity contribution is 5.71. The van der Waals surface area contributed by atoms with Gasteiger partial charge < -0.3 is 28.5 Å². The van der Waals surface area contributed by atoms with E-state index in [1.807, 2.05) is 21.1 Å². The third-order valence-corrected chi connectivity index (χ3v) is 14.5. The van der Waals surface area contributed by atoms with Crippen LogP contribution >= 0.6 is 0 Å². The van der Waals surface area contributed by atoms with Crippen LogP contribution < -0.4 is 0 Å². The van der Waals surface area contributed by atoms with Gasteiger partial charge in [0.15, 0.2) is 6.10 Å². The molecule has 2 atom stereocenters. The van der Waals surface area contributed by atoms with Gasteiger partial charge >= 0.3 is 17.9 Å². The lowest BCUT2D eigenvalue weighted by atomic mass is 10.1. The van der Waals surface area contributed by atoms with Gasteiger partial charge in [-0.15, -0.1) is 0 Å². The molecule has 0 amide bonds. The number of esters is 2. The molecule has 0 aromatic heterocycles. The average Bonchev–Trinajstić information content (AvgIpc) is 1.14. The standard InChI is InChI=1S/C90H133NO8/c1-6-8-10-12-14-16-18-20-22-24-26-28-30-32-34-36-38-40-42-43-44-45-47-49-51-53-55-57-59-61-63-65-67-69-71-73-75-77-79-81-88(93)99-86(85-98-90(89(94)95)96-83-82-91(3,4)5)84-97-87(92)80-78-76-74-72-70-68-66-64-62-60-58-56-54-52-50-48-46-41-39-37-35-33-31-29-27-25-23-21-19-17-15-13-11-9-7-2/h8-11,14-17,20-23,26-29,32-35,38-41,43-44,47-50,53-56,59-62,65-68,71,73,86,90H,6-7,12-13,18-19,24-25,30-31,36-37,42,45-46,51-52,57-58,63-64,69-70,72,74-85H2,1-5H3/p+1/b10-8-,11-9-,16-14-,17-15-,22-20-,23-21-,28-26-,29-27-,34-32-,35-33-,40-38-,41-39-,44-43-,49-47-,50-48-,55-53-,56-54-,61-59-,62-60-,67-65-,68-66-,73-71-. The van der Waals surface area contributed by atoms with E-state index in [0.717, 1.165) is 180 Å². The van der Waals surface area contributed by atoms with Crippen LogP contribution in [-0.2, 0) is 33.3 Å². The summed E-state index contributed by atoms with van der Waals surface area (Å²) in [5.41, 5.74) is 0. The van der Waals surface area contributed by atoms with Crippen molar-refractivity contribution in [2.75, 3.05) is 47.5 Å². The van der Waals surface area contributed by atoms with Crippen molar-refractivity contribution in [3.63, 3.8) is 0 Å². The third-order valence-electron chi connectivity index (χ3n) is 14.5. The van der Waals surface area contributed by atoms with E-state index in [1.54, 1.807) is 0 Å². The zero-order valence-corrected chi connectivity index (χ0v) is 62.3. The van der Waals surface area contributed by atoms with Crippen molar-refractivity contribution in [2.45, 2.75) is 232 Å². The van der Waals surface area contributed by atoms with E-state index in [0.29, 0.717) is 23.9 Å². The van der Waals surface area contributed by atoms with Crippen LogP contribution in [0.4, 0.5) is 0 Å². The lowest BCUT2D eigenvalue weighted by Crippen LogP contribution is -2.40. The number of likely N-dealkylation sites (N-methyl/N-ethyl adjacent to an activating group) is 1. The Hall–Kier alpha value is -7.43. The molecule has 2 unspecified atom stereocenters. The molecule has 0 spiro atoms. The maximum absolute atomic E-state index is 12.9. The lowest BCUT2D eigenvalue weighted by Gasteiger charge is -2.25. The number of hydrogen-bond acceptors (Lipinski definition) is 7. The molecule has 0 aromatic carbocycles. The summed E-state index contributed by atoms with van der Waals surface area (Å²) >= 11 is 0. The number of nitrogens with zero attached hydrogens (tertiary/aromatic N) is 1. The number of rotatable bonds is 65. The molecule has 9 nitrogen and oxygen atoms in total. The number of carboxylic acid groups (broad SMARTS) is 1. The van der Waals surface area contributed by atoms with E-state index in [1.165, 1.54) is 0 Å². The monoisotopic (exact) mass is 1360 g/mol. The molecule has 0 radical (unpaired) electrons. The van der Waals surface area contributed by atoms with Crippen LogP contribution in [0.5, 0.6) is 0 Å². The number of aliphatic carboxylic acids is 1. The Morgan fingerprint density at radius 2 is 0.545 bits per heavy atom. The Morgan fingerprint density at radius 1 is 0.303 bits per heavy atom. The molecule has 99 heavy (non-hydrogen) atoms. The molecule has 1 N–H and O–H groups in total. The summed E-state index contributed by atoms with van der Waals surface area (Å²) in [6, 6.07) is 0. The van der Waals surface area contributed by atoms with E-state index in [4.69, 9.17) is 18.9 Å². The summed E-state index contributed by atoms with van der Waals surface area (Å²) < 4.78 is 22.9. The van der Waals surface area contributed by atoms with Gasteiger partial charge in [0.05, 0.1) is 34.4 Å². The number of carboxylic acids is 1. The van der Waals surface area contributed by atoms with Crippen LogP contribution in [0.2, 0.25) is 0 Å². The highest BCUT2D eigenvalue weighted by atomic mass is 16.7. The molecule has 0 fully saturated rings. The van der Waals surface area contributed by atoms with Crippen LogP contribution in [0.15, 0.2) is 267 Å². The SMILES string of the molecule is CC/C=C\C/C=C\C/C=C\C/C=C\C/C=C\C/C=C\C/C=C\C/C=C\C/C=C\C/C=C\C/C=C\C/C=C\CCCCC(=O)OC(COC(=O)CCCCCC/C=C\C/C=C\C/C=C\C/C=C\C/C=C\C/C=C\C/C=C\C/C=C\C/C=C\C/C=C\CC)COC(OCC[N+](C)(C)C)C(=O)O. The van der Waals surface area contributed by atoms with E-state index in [-0.39, 0.29) is 32.7 Å². The summed E-state index contributed by atoms with van der Waals surface area (Å²) in [6.07, 6.45) is 124. The number of unbranched alkanes of at least 4 members (excludes halogenated alkanes) is 6. The first-order chi connectivity index (χ1) is 48.6. The topological polar surface area (TPSA) is 108 Å². The van der Waals surface area contributed by atoms with Crippen LogP contribution in [0.3, 0.4) is 0 Å². The normalized spacial score (nSPS) is 14.2. The van der Waals surface area contributed by atoms with Crippen LogP contribution in [-0.4, -0.2) is 87.4 Å². The van der Waals surface area contributed by atoms with E-state index in [2.05, 4.69) is 281 Å². The highest BCUT2D eigenvalue weighted by Gasteiger charge is 2.25. The fourth-order valence-corrected chi connectivity index (χ4v) is 8.84.